The first-order valence-electron chi connectivity index (χ1n) is 10.1. The minimum Gasteiger partial charge on any atom is -0.489 e. The first-order valence-corrected chi connectivity index (χ1v) is 10.5. The van der Waals surface area contributed by atoms with E-state index in [4.69, 9.17) is 26.8 Å². The normalized spacial score (nSPS) is 11.6. The molecule has 0 radical (unpaired) electrons. The zero-order valence-corrected chi connectivity index (χ0v) is 18.2. The first-order chi connectivity index (χ1) is 15.0. The molecule has 0 fully saturated rings. The molecule has 5 nitrogen and oxygen atoms in total. The number of rotatable bonds is 10. The van der Waals surface area contributed by atoms with Gasteiger partial charge in [0.25, 0.3) is 0 Å². The van der Waals surface area contributed by atoms with Gasteiger partial charge >= 0.3 is 5.97 Å². The fraction of sp³-hybridized carbons (Fsp3) is 0.240. The Kier molecular flexibility index (Phi) is 8.33. The standard InChI is InChI=1S/C25H26ClNO4/c1-29-25(28)24(27)12-5-9-19-13-14-22(16-23(19)26)31-21-11-6-10-20(15-21)30-17-18-7-3-2-4-8-18/h2-4,6-8,10-11,13-16,24H,5,9,12,17,27H2,1H3. The number of carbonyl (C=O) groups is 1. The number of methoxy groups -OCH3 is 1. The summed E-state index contributed by atoms with van der Waals surface area (Å²) in [7, 11) is 1.34. The molecule has 0 aliphatic rings. The number of halogens is 1. The highest BCUT2D eigenvalue weighted by atomic mass is 35.5. The van der Waals surface area contributed by atoms with Gasteiger partial charge in [0.1, 0.15) is 29.9 Å². The lowest BCUT2D eigenvalue weighted by Crippen LogP contribution is -2.31. The van der Waals surface area contributed by atoms with Crippen molar-refractivity contribution in [3.63, 3.8) is 0 Å². The minimum absolute atomic E-state index is 0.398. The molecule has 3 aromatic carbocycles. The lowest BCUT2D eigenvalue weighted by molar-refractivity contribution is -0.142. The van der Waals surface area contributed by atoms with Crippen LogP contribution in [0.1, 0.15) is 24.0 Å². The van der Waals surface area contributed by atoms with Crippen LogP contribution in [0.15, 0.2) is 72.8 Å². The van der Waals surface area contributed by atoms with Crippen LogP contribution in [0.5, 0.6) is 17.2 Å². The SMILES string of the molecule is COC(=O)C(N)CCCc1ccc(Oc2cccc(OCc3ccccc3)c2)cc1Cl. The molecule has 0 bridgehead atoms. The van der Waals surface area contributed by atoms with Gasteiger partial charge in [-0.25, -0.2) is 0 Å². The number of carbonyl (C=O) groups excluding carboxylic acids is 1. The monoisotopic (exact) mass is 439 g/mol. The highest BCUT2D eigenvalue weighted by molar-refractivity contribution is 6.31. The molecule has 1 unspecified atom stereocenters. The van der Waals surface area contributed by atoms with Crippen LogP contribution in [0.4, 0.5) is 0 Å². The molecule has 0 saturated carbocycles. The summed E-state index contributed by atoms with van der Waals surface area (Å²) in [4.78, 5) is 11.4. The third kappa shape index (κ3) is 7.02. The van der Waals surface area contributed by atoms with Crippen molar-refractivity contribution in [2.24, 2.45) is 5.73 Å². The Labute approximate surface area is 187 Å². The van der Waals surface area contributed by atoms with Crippen LogP contribution >= 0.6 is 11.6 Å². The maximum absolute atomic E-state index is 11.4. The summed E-state index contributed by atoms with van der Waals surface area (Å²) in [6.07, 6.45) is 1.99. The van der Waals surface area contributed by atoms with Crippen molar-refractivity contribution >= 4 is 17.6 Å². The Balaban J connectivity index is 1.55. The van der Waals surface area contributed by atoms with Crippen LogP contribution in [-0.4, -0.2) is 19.1 Å². The van der Waals surface area contributed by atoms with E-state index in [0.717, 1.165) is 23.3 Å². The van der Waals surface area contributed by atoms with Crippen LogP contribution in [0, 0.1) is 0 Å². The third-order valence-electron chi connectivity index (χ3n) is 4.78. The molecule has 0 aliphatic heterocycles. The van der Waals surface area contributed by atoms with Crippen LogP contribution in [-0.2, 0) is 22.6 Å². The van der Waals surface area contributed by atoms with Gasteiger partial charge in [-0.15, -0.1) is 0 Å². The van der Waals surface area contributed by atoms with Crippen molar-refractivity contribution in [3.05, 3.63) is 88.9 Å². The third-order valence-corrected chi connectivity index (χ3v) is 5.13. The van der Waals surface area contributed by atoms with Gasteiger partial charge < -0.3 is 19.9 Å². The van der Waals surface area contributed by atoms with E-state index in [1.807, 2.05) is 66.7 Å². The molecule has 6 heteroatoms. The maximum atomic E-state index is 11.4. The Morgan fingerprint density at radius 2 is 1.71 bits per heavy atom. The highest BCUT2D eigenvalue weighted by Gasteiger charge is 2.13. The van der Waals surface area contributed by atoms with Gasteiger partial charge in [0.15, 0.2) is 0 Å². The Morgan fingerprint density at radius 3 is 2.45 bits per heavy atom. The zero-order chi connectivity index (χ0) is 22.1. The molecule has 3 aromatic rings. The van der Waals surface area contributed by atoms with Gasteiger partial charge in [-0.2, -0.15) is 0 Å². The van der Waals surface area contributed by atoms with Crippen LogP contribution in [0.2, 0.25) is 5.02 Å². The smallest absolute Gasteiger partial charge is 0.322 e. The maximum Gasteiger partial charge on any atom is 0.322 e. The van der Waals surface area contributed by atoms with E-state index in [1.54, 1.807) is 6.07 Å². The topological polar surface area (TPSA) is 70.8 Å². The molecule has 3 rings (SSSR count). The molecule has 0 aromatic heterocycles. The van der Waals surface area contributed by atoms with Crippen LogP contribution in [0.25, 0.3) is 0 Å². The second-order valence-electron chi connectivity index (χ2n) is 7.13. The summed E-state index contributed by atoms with van der Waals surface area (Å²) in [5.41, 5.74) is 7.85. The molecule has 0 heterocycles. The van der Waals surface area contributed by atoms with E-state index in [2.05, 4.69) is 4.74 Å². The average Bonchev–Trinajstić information content (AvgIpc) is 2.79. The number of ether oxygens (including phenoxy) is 3. The summed E-state index contributed by atoms with van der Waals surface area (Å²) in [5, 5.41) is 0.612. The van der Waals surface area contributed by atoms with Gasteiger partial charge in [-0.05, 0) is 54.7 Å². The predicted molar refractivity (Wildman–Crippen MR) is 122 cm³/mol. The van der Waals surface area contributed by atoms with Crippen molar-refractivity contribution < 1.29 is 19.0 Å². The van der Waals surface area contributed by atoms with E-state index in [1.165, 1.54) is 7.11 Å². The van der Waals surface area contributed by atoms with Crippen molar-refractivity contribution in [2.45, 2.75) is 31.9 Å². The predicted octanol–water partition coefficient (Wildman–Crippen LogP) is 5.53. The van der Waals surface area contributed by atoms with E-state index in [-0.39, 0.29) is 0 Å². The Bertz CT molecular complexity index is 994. The van der Waals surface area contributed by atoms with Crippen LogP contribution < -0.4 is 15.2 Å². The quantitative estimate of drug-likeness (QED) is 0.420. The van der Waals surface area contributed by atoms with Gasteiger partial charge in [-0.3, -0.25) is 4.79 Å². The fourth-order valence-corrected chi connectivity index (χ4v) is 3.35. The molecule has 2 N–H and O–H groups in total. The lowest BCUT2D eigenvalue weighted by Gasteiger charge is -2.12. The Hall–Kier alpha value is -3.02. The van der Waals surface area contributed by atoms with Gasteiger partial charge in [0, 0.05) is 11.1 Å². The van der Waals surface area contributed by atoms with E-state index in [0.29, 0.717) is 36.0 Å². The second kappa shape index (κ2) is 11.4. The summed E-state index contributed by atoms with van der Waals surface area (Å²) in [6.45, 7) is 0.491. The van der Waals surface area contributed by atoms with Gasteiger partial charge in [0.2, 0.25) is 0 Å². The molecule has 0 spiro atoms. The fourth-order valence-electron chi connectivity index (χ4n) is 3.08. The number of hydrogen-bond acceptors (Lipinski definition) is 5. The number of hydrogen-bond donors (Lipinski definition) is 1. The van der Waals surface area contributed by atoms with Crippen LogP contribution in [0.3, 0.4) is 0 Å². The Morgan fingerprint density at radius 1 is 0.968 bits per heavy atom. The zero-order valence-electron chi connectivity index (χ0n) is 17.4. The average molecular weight is 440 g/mol. The number of aryl methyl sites for hydroxylation is 1. The molecule has 162 valence electrons. The molecule has 0 saturated heterocycles. The summed E-state index contributed by atoms with van der Waals surface area (Å²) in [5.74, 6) is 1.63. The lowest BCUT2D eigenvalue weighted by atomic mass is 10.0. The van der Waals surface area contributed by atoms with Gasteiger partial charge in [0.05, 0.1) is 7.11 Å². The molecular formula is C25H26ClNO4. The molecular weight excluding hydrogens is 414 g/mol. The van der Waals surface area contributed by atoms with Crippen molar-refractivity contribution in [1.82, 2.24) is 0 Å². The summed E-state index contributed by atoms with van der Waals surface area (Å²) >= 11 is 6.42. The number of benzene rings is 3. The molecule has 31 heavy (non-hydrogen) atoms. The van der Waals surface area contributed by atoms with Crippen molar-refractivity contribution in [3.8, 4) is 17.2 Å². The van der Waals surface area contributed by atoms with Gasteiger partial charge in [-0.1, -0.05) is 54.1 Å². The van der Waals surface area contributed by atoms with E-state index in [9.17, 15) is 4.79 Å². The minimum atomic E-state index is -0.609. The first kappa shape index (κ1) is 22.7. The van der Waals surface area contributed by atoms with Crippen molar-refractivity contribution in [2.75, 3.05) is 7.11 Å². The largest absolute Gasteiger partial charge is 0.489 e. The molecule has 0 amide bonds. The molecule has 1 atom stereocenters. The number of nitrogens with two attached hydrogens (primary N) is 1. The second-order valence-corrected chi connectivity index (χ2v) is 7.53. The number of esters is 1. The summed E-state index contributed by atoms with van der Waals surface area (Å²) < 4.78 is 16.4. The molecule has 0 aliphatic carbocycles. The van der Waals surface area contributed by atoms with E-state index >= 15 is 0 Å². The van der Waals surface area contributed by atoms with E-state index < -0.39 is 12.0 Å². The van der Waals surface area contributed by atoms with Crippen molar-refractivity contribution in [1.29, 1.82) is 0 Å². The highest BCUT2D eigenvalue weighted by Crippen LogP contribution is 2.29. The summed E-state index contributed by atoms with van der Waals surface area (Å²) in [6, 6.07) is 22.5.